The molecule has 0 aliphatic heterocycles. The van der Waals surface area contributed by atoms with Gasteiger partial charge in [-0.05, 0) is 40.0 Å². The van der Waals surface area contributed by atoms with Crippen LogP contribution in [-0.4, -0.2) is 13.7 Å². The number of hydrogen-bond acceptors (Lipinski definition) is 3. The minimum absolute atomic E-state index is 0.363. The molecule has 0 radical (unpaired) electrons. The average molecular weight is 339 g/mol. The molecular weight excluding hydrogens is 323 g/mol. The van der Waals surface area contributed by atoms with E-state index in [1.165, 1.54) is 6.07 Å². The third kappa shape index (κ3) is 3.42. The van der Waals surface area contributed by atoms with Crippen LogP contribution in [0.2, 0.25) is 0 Å². The van der Waals surface area contributed by atoms with Crippen molar-refractivity contribution in [3.05, 3.63) is 52.3 Å². The Labute approximate surface area is 126 Å². The summed E-state index contributed by atoms with van der Waals surface area (Å²) in [7, 11) is 1.65. The summed E-state index contributed by atoms with van der Waals surface area (Å²) in [6, 6.07) is 10.8. The van der Waals surface area contributed by atoms with Gasteiger partial charge in [0, 0.05) is 12.6 Å². The molecule has 0 saturated carbocycles. The van der Waals surface area contributed by atoms with Crippen LogP contribution in [0.25, 0.3) is 0 Å². The number of para-hydroxylation sites is 1. The molecule has 0 amide bonds. The van der Waals surface area contributed by atoms with Gasteiger partial charge in [0.05, 0.1) is 23.0 Å². The number of nitrogens with two attached hydrogens (primary N) is 1. The maximum absolute atomic E-state index is 13.3. The van der Waals surface area contributed by atoms with Crippen molar-refractivity contribution in [1.29, 1.82) is 0 Å². The molecule has 0 atom stereocenters. The number of benzene rings is 2. The van der Waals surface area contributed by atoms with Gasteiger partial charge in [-0.15, -0.1) is 0 Å². The molecule has 0 aliphatic carbocycles. The topological polar surface area (TPSA) is 47.3 Å². The number of nitrogens with one attached hydrogen (secondary N) is 1. The summed E-state index contributed by atoms with van der Waals surface area (Å²) >= 11 is 3.15. The van der Waals surface area contributed by atoms with Gasteiger partial charge in [0.2, 0.25) is 0 Å². The molecule has 3 nitrogen and oxygen atoms in total. The Morgan fingerprint density at radius 1 is 1.30 bits per heavy atom. The zero-order valence-electron chi connectivity index (χ0n) is 11.1. The highest BCUT2D eigenvalue weighted by Crippen LogP contribution is 2.26. The Morgan fingerprint density at radius 2 is 2.05 bits per heavy atom. The molecule has 0 heterocycles. The molecule has 3 N–H and O–H groups in total. The molecule has 0 fully saturated rings. The van der Waals surface area contributed by atoms with E-state index < -0.39 is 0 Å². The lowest BCUT2D eigenvalue weighted by atomic mass is 10.1. The molecule has 106 valence electrons. The highest BCUT2D eigenvalue weighted by molar-refractivity contribution is 9.10. The summed E-state index contributed by atoms with van der Waals surface area (Å²) in [5.41, 5.74) is 8.00. The third-order valence-corrected chi connectivity index (χ3v) is 3.60. The molecule has 2 rings (SSSR count). The summed E-state index contributed by atoms with van der Waals surface area (Å²) in [5.74, 6) is 0.500. The van der Waals surface area contributed by atoms with E-state index in [4.69, 9.17) is 10.5 Å². The highest BCUT2D eigenvalue weighted by atomic mass is 79.9. The van der Waals surface area contributed by atoms with Crippen molar-refractivity contribution in [1.82, 2.24) is 0 Å². The van der Waals surface area contributed by atoms with Crippen molar-refractivity contribution in [2.75, 3.05) is 24.7 Å². The summed E-state index contributed by atoms with van der Waals surface area (Å²) in [4.78, 5) is 0. The number of rotatable bonds is 5. The van der Waals surface area contributed by atoms with Gasteiger partial charge < -0.3 is 15.8 Å². The standard InChI is InChI=1S/C15H16BrFN2O/c1-20-15-5-3-2-4-10(15)6-7-19-14-8-11(16)12(17)9-13(14)18/h2-5,8-9,19H,6-7,18H2,1H3. The van der Waals surface area contributed by atoms with E-state index in [0.717, 1.165) is 17.7 Å². The monoisotopic (exact) mass is 338 g/mol. The van der Waals surface area contributed by atoms with E-state index in [1.807, 2.05) is 24.3 Å². The number of anilines is 2. The first-order valence-corrected chi connectivity index (χ1v) is 7.01. The van der Waals surface area contributed by atoms with E-state index in [0.29, 0.717) is 22.4 Å². The Balaban J connectivity index is 2.01. The maximum atomic E-state index is 13.3. The van der Waals surface area contributed by atoms with Gasteiger partial charge in [0.25, 0.3) is 0 Å². The molecule has 0 spiro atoms. The predicted molar refractivity (Wildman–Crippen MR) is 83.7 cm³/mol. The Kier molecular flexibility index (Phi) is 4.84. The normalized spacial score (nSPS) is 10.3. The summed E-state index contributed by atoms with van der Waals surface area (Å²) in [5, 5.41) is 3.20. The van der Waals surface area contributed by atoms with Gasteiger partial charge in [0.1, 0.15) is 11.6 Å². The SMILES string of the molecule is COc1ccccc1CCNc1cc(Br)c(F)cc1N. The van der Waals surface area contributed by atoms with E-state index in [-0.39, 0.29) is 5.82 Å². The summed E-state index contributed by atoms with van der Waals surface area (Å²) in [6.07, 6.45) is 0.790. The van der Waals surface area contributed by atoms with Crippen molar-refractivity contribution >= 4 is 27.3 Å². The molecule has 2 aromatic carbocycles. The lowest BCUT2D eigenvalue weighted by Gasteiger charge is -2.12. The molecule has 5 heteroatoms. The summed E-state index contributed by atoms with van der Waals surface area (Å²) < 4.78 is 19.0. The molecule has 0 aliphatic rings. The third-order valence-electron chi connectivity index (χ3n) is 2.99. The minimum atomic E-state index is -0.363. The van der Waals surface area contributed by atoms with Crippen molar-refractivity contribution < 1.29 is 9.13 Å². The quantitative estimate of drug-likeness (QED) is 0.814. The number of ether oxygens (including phenoxy) is 1. The zero-order valence-corrected chi connectivity index (χ0v) is 12.7. The summed E-state index contributed by atoms with van der Waals surface area (Å²) in [6.45, 7) is 0.683. The Hall–Kier alpha value is -1.75. The minimum Gasteiger partial charge on any atom is -0.496 e. The second kappa shape index (κ2) is 6.61. The lowest BCUT2D eigenvalue weighted by molar-refractivity contribution is 0.410. The van der Waals surface area contributed by atoms with Gasteiger partial charge in [-0.3, -0.25) is 0 Å². The second-order valence-corrected chi connectivity index (χ2v) is 5.20. The first kappa shape index (κ1) is 14.7. The van der Waals surface area contributed by atoms with Crippen LogP contribution in [0.4, 0.5) is 15.8 Å². The van der Waals surface area contributed by atoms with Crippen molar-refractivity contribution in [3.63, 3.8) is 0 Å². The Bertz CT molecular complexity index is 604. The van der Waals surface area contributed by atoms with Crippen LogP contribution in [0.15, 0.2) is 40.9 Å². The molecule has 0 unspecified atom stereocenters. The van der Waals surface area contributed by atoms with Crippen LogP contribution >= 0.6 is 15.9 Å². The molecule has 2 aromatic rings. The number of methoxy groups -OCH3 is 1. The second-order valence-electron chi connectivity index (χ2n) is 4.34. The van der Waals surface area contributed by atoms with Crippen LogP contribution in [0.1, 0.15) is 5.56 Å². The van der Waals surface area contributed by atoms with Gasteiger partial charge in [-0.25, -0.2) is 4.39 Å². The van der Waals surface area contributed by atoms with Crippen LogP contribution in [-0.2, 0) is 6.42 Å². The van der Waals surface area contributed by atoms with Crippen LogP contribution in [0.5, 0.6) is 5.75 Å². The van der Waals surface area contributed by atoms with Crippen molar-refractivity contribution in [3.8, 4) is 5.75 Å². The first-order valence-electron chi connectivity index (χ1n) is 6.22. The van der Waals surface area contributed by atoms with E-state index >= 15 is 0 Å². The van der Waals surface area contributed by atoms with Crippen LogP contribution in [0, 0.1) is 5.82 Å². The predicted octanol–water partition coefficient (Wildman–Crippen LogP) is 3.83. The zero-order chi connectivity index (χ0) is 14.5. The van der Waals surface area contributed by atoms with Gasteiger partial charge >= 0.3 is 0 Å². The molecule has 20 heavy (non-hydrogen) atoms. The number of nitrogen functional groups attached to an aromatic ring is 1. The van der Waals surface area contributed by atoms with Crippen LogP contribution in [0.3, 0.4) is 0 Å². The molecule has 0 aromatic heterocycles. The van der Waals surface area contributed by atoms with Gasteiger partial charge in [-0.1, -0.05) is 18.2 Å². The van der Waals surface area contributed by atoms with E-state index in [1.54, 1.807) is 13.2 Å². The van der Waals surface area contributed by atoms with E-state index in [9.17, 15) is 4.39 Å². The van der Waals surface area contributed by atoms with E-state index in [2.05, 4.69) is 21.2 Å². The number of halogens is 2. The lowest BCUT2D eigenvalue weighted by Crippen LogP contribution is -2.08. The average Bonchev–Trinajstić information content (AvgIpc) is 2.45. The maximum Gasteiger partial charge on any atom is 0.139 e. The number of hydrogen-bond donors (Lipinski definition) is 2. The van der Waals surface area contributed by atoms with Crippen molar-refractivity contribution in [2.24, 2.45) is 0 Å². The fourth-order valence-electron chi connectivity index (χ4n) is 1.96. The molecular formula is C15H16BrFN2O. The first-order chi connectivity index (χ1) is 9.61. The highest BCUT2D eigenvalue weighted by Gasteiger charge is 2.06. The van der Waals surface area contributed by atoms with Gasteiger partial charge in [-0.2, -0.15) is 0 Å². The Morgan fingerprint density at radius 3 is 2.80 bits per heavy atom. The fourth-order valence-corrected chi connectivity index (χ4v) is 2.30. The fraction of sp³-hybridized carbons (Fsp3) is 0.200. The van der Waals surface area contributed by atoms with Crippen molar-refractivity contribution in [2.45, 2.75) is 6.42 Å². The van der Waals surface area contributed by atoms with Crippen LogP contribution < -0.4 is 15.8 Å². The molecule has 0 saturated heterocycles. The molecule has 0 bridgehead atoms. The van der Waals surface area contributed by atoms with Gasteiger partial charge in [0.15, 0.2) is 0 Å². The largest absolute Gasteiger partial charge is 0.496 e. The smallest absolute Gasteiger partial charge is 0.139 e.